The Morgan fingerprint density at radius 3 is 2.50 bits per heavy atom. The number of nitrogens with zero attached hydrogens (tertiary/aromatic N) is 1. The number of rotatable bonds is 4. The van der Waals surface area contributed by atoms with Crippen molar-refractivity contribution in [3.63, 3.8) is 0 Å². The SMILES string of the molecule is CCC1CCN(C(=O)NCC2CCCC2)C(C(=O)O)C1. The molecule has 0 aromatic heterocycles. The van der Waals surface area contributed by atoms with E-state index in [1.54, 1.807) is 0 Å². The summed E-state index contributed by atoms with van der Waals surface area (Å²) in [6.45, 7) is 3.34. The Morgan fingerprint density at radius 2 is 1.90 bits per heavy atom. The number of amides is 2. The zero-order valence-electron chi connectivity index (χ0n) is 12.3. The van der Waals surface area contributed by atoms with Gasteiger partial charge in [0.2, 0.25) is 0 Å². The third kappa shape index (κ3) is 3.64. The van der Waals surface area contributed by atoms with Gasteiger partial charge >= 0.3 is 12.0 Å². The van der Waals surface area contributed by atoms with Gasteiger partial charge in [0.15, 0.2) is 0 Å². The smallest absolute Gasteiger partial charge is 0.326 e. The lowest BCUT2D eigenvalue weighted by molar-refractivity contribution is -0.144. The molecule has 2 N–H and O–H groups in total. The lowest BCUT2D eigenvalue weighted by atomic mass is 9.89. The van der Waals surface area contributed by atoms with Crippen LogP contribution in [0.5, 0.6) is 0 Å². The number of hydrogen-bond donors (Lipinski definition) is 2. The Balaban J connectivity index is 1.87. The van der Waals surface area contributed by atoms with Crippen molar-refractivity contribution in [1.82, 2.24) is 10.2 Å². The molecular formula is C15H26N2O3. The number of aliphatic carboxylic acids is 1. The van der Waals surface area contributed by atoms with E-state index in [1.165, 1.54) is 30.6 Å². The summed E-state index contributed by atoms with van der Waals surface area (Å²) in [5.41, 5.74) is 0. The molecule has 5 heteroatoms. The maximum atomic E-state index is 12.2. The topological polar surface area (TPSA) is 69.6 Å². The van der Waals surface area contributed by atoms with E-state index in [2.05, 4.69) is 12.2 Å². The summed E-state index contributed by atoms with van der Waals surface area (Å²) in [5, 5.41) is 12.3. The highest BCUT2D eigenvalue weighted by Crippen LogP contribution is 2.26. The van der Waals surface area contributed by atoms with Crippen molar-refractivity contribution in [3.8, 4) is 0 Å². The average molecular weight is 282 g/mol. The first-order valence-corrected chi connectivity index (χ1v) is 7.89. The quantitative estimate of drug-likeness (QED) is 0.832. The summed E-state index contributed by atoms with van der Waals surface area (Å²) < 4.78 is 0. The lowest BCUT2D eigenvalue weighted by Crippen LogP contribution is -2.54. The maximum Gasteiger partial charge on any atom is 0.326 e. The second kappa shape index (κ2) is 6.95. The molecule has 1 heterocycles. The van der Waals surface area contributed by atoms with Crippen molar-refractivity contribution >= 4 is 12.0 Å². The second-order valence-electron chi connectivity index (χ2n) is 6.18. The molecule has 2 atom stereocenters. The van der Waals surface area contributed by atoms with Gasteiger partial charge in [-0.05, 0) is 37.5 Å². The molecule has 0 radical (unpaired) electrons. The van der Waals surface area contributed by atoms with Crippen molar-refractivity contribution in [2.24, 2.45) is 11.8 Å². The third-order valence-electron chi connectivity index (χ3n) is 4.85. The predicted molar refractivity (Wildman–Crippen MR) is 76.5 cm³/mol. The second-order valence-corrected chi connectivity index (χ2v) is 6.18. The molecule has 2 amide bonds. The molecule has 0 spiro atoms. The Hall–Kier alpha value is -1.26. The number of nitrogens with one attached hydrogen (secondary N) is 1. The van der Waals surface area contributed by atoms with Crippen molar-refractivity contribution in [2.45, 2.75) is 57.9 Å². The third-order valence-corrected chi connectivity index (χ3v) is 4.85. The zero-order valence-corrected chi connectivity index (χ0v) is 12.3. The predicted octanol–water partition coefficient (Wildman–Crippen LogP) is 2.46. The highest BCUT2D eigenvalue weighted by atomic mass is 16.4. The number of likely N-dealkylation sites (tertiary alicyclic amines) is 1. The standard InChI is InChI=1S/C15H26N2O3/c1-2-11-7-8-17(13(9-11)14(18)19)15(20)16-10-12-5-3-4-6-12/h11-13H,2-10H2,1H3,(H,16,20)(H,18,19). The molecule has 20 heavy (non-hydrogen) atoms. The first kappa shape index (κ1) is 15.1. The van der Waals surface area contributed by atoms with Crippen LogP contribution in [-0.4, -0.2) is 41.1 Å². The number of carbonyl (C=O) groups excluding carboxylic acids is 1. The molecule has 0 aromatic rings. The van der Waals surface area contributed by atoms with Gasteiger partial charge in [-0.2, -0.15) is 0 Å². The van der Waals surface area contributed by atoms with E-state index in [0.717, 1.165) is 12.8 Å². The number of carboxylic acids is 1. The lowest BCUT2D eigenvalue weighted by Gasteiger charge is -2.37. The van der Waals surface area contributed by atoms with Crippen LogP contribution < -0.4 is 5.32 Å². The van der Waals surface area contributed by atoms with Crippen LogP contribution in [0.2, 0.25) is 0 Å². The number of piperidine rings is 1. The Kier molecular flexibility index (Phi) is 5.26. The molecule has 0 aromatic carbocycles. The summed E-state index contributed by atoms with van der Waals surface area (Å²) in [6, 6.07) is -0.851. The van der Waals surface area contributed by atoms with Crippen LogP contribution >= 0.6 is 0 Å². The van der Waals surface area contributed by atoms with Crippen LogP contribution in [-0.2, 0) is 4.79 Å². The van der Waals surface area contributed by atoms with E-state index >= 15 is 0 Å². The highest BCUT2D eigenvalue weighted by molar-refractivity contribution is 5.82. The molecule has 2 fully saturated rings. The molecule has 2 aliphatic rings. The minimum Gasteiger partial charge on any atom is -0.480 e. The summed E-state index contributed by atoms with van der Waals surface area (Å²) in [6.07, 6.45) is 7.35. The van der Waals surface area contributed by atoms with Gasteiger partial charge in [-0.15, -0.1) is 0 Å². The van der Waals surface area contributed by atoms with E-state index in [9.17, 15) is 14.7 Å². The number of urea groups is 1. The van der Waals surface area contributed by atoms with Gasteiger partial charge in [-0.25, -0.2) is 9.59 Å². The molecule has 5 nitrogen and oxygen atoms in total. The summed E-state index contributed by atoms with van der Waals surface area (Å²) in [7, 11) is 0. The minimum absolute atomic E-state index is 0.196. The fourth-order valence-corrected chi connectivity index (χ4v) is 3.43. The van der Waals surface area contributed by atoms with Gasteiger partial charge in [-0.1, -0.05) is 26.2 Å². The highest BCUT2D eigenvalue weighted by Gasteiger charge is 2.35. The van der Waals surface area contributed by atoms with Crippen LogP contribution in [0.3, 0.4) is 0 Å². The van der Waals surface area contributed by atoms with E-state index < -0.39 is 12.0 Å². The van der Waals surface area contributed by atoms with E-state index in [4.69, 9.17) is 0 Å². The number of carboxylic acid groups (broad SMARTS) is 1. The van der Waals surface area contributed by atoms with Gasteiger partial charge in [-0.3, -0.25) is 0 Å². The van der Waals surface area contributed by atoms with Crippen molar-refractivity contribution in [2.75, 3.05) is 13.1 Å². The monoisotopic (exact) mass is 282 g/mol. The average Bonchev–Trinajstić information content (AvgIpc) is 2.97. The molecule has 2 rings (SSSR count). The van der Waals surface area contributed by atoms with Gasteiger partial charge in [0, 0.05) is 13.1 Å². The summed E-state index contributed by atoms with van der Waals surface area (Å²) in [5.74, 6) is 0.129. The zero-order chi connectivity index (χ0) is 14.5. The van der Waals surface area contributed by atoms with Crippen LogP contribution in [0.15, 0.2) is 0 Å². The van der Waals surface area contributed by atoms with Gasteiger partial charge in [0.05, 0.1) is 0 Å². The van der Waals surface area contributed by atoms with E-state index in [-0.39, 0.29) is 6.03 Å². The first-order chi connectivity index (χ1) is 9.61. The van der Waals surface area contributed by atoms with Crippen LogP contribution in [0.25, 0.3) is 0 Å². The van der Waals surface area contributed by atoms with Crippen molar-refractivity contribution in [3.05, 3.63) is 0 Å². The van der Waals surface area contributed by atoms with Crippen molar-refractivity contribution < 1.29 is 14.7 Å². The molecule has 1 aliphatic heterocycles. The van der Waals surface area contributed by atoms with Crippen LogP contribution in [0.1, 0.15) is 51.9 Å². The molecule has 1 saturated heterocycles. The van der Waals surface area contributed by atoms with Crippen LogP contribution in [0, 0.1) is 11.8 Å². The van der Waals surface area contributed by atoms with Gasteiger partial charge in [0.25, 0.3) is 0 Å². The number of carbonyl (C=O) groups is 2. The maximum absolute atomic E-state index is 12.2. The normalized spacial score (nSPS) is 27.6. The molecule has 1 aliphatic carbocycles. The fraction of sp³-hybridized carbons (Fsp3) is 0.867. The Labute approximate surface area is 120 Å². The Morgan fingerprint density at radius 1 is 1.20 bits per heavy atom. The number of hydrogen-bond acceptors (Lipinski definition) is 2. The van der Waals surface area contributed by atoms with Crippen LogP contribution in [0.4, 0.5) is 4.79 Å². The Bertz CT molecular complexity index is 353. The van der Waals surface area contributed by atoms with E-state index in [1.807, 2.05) is 0 Å². The fourth-order valence-electron chi connectivity index (χ4n) is 3.43. The van der Waals surface area contributed by atoms with E-state index in [0.29, 0.717) is 31.3 Å². The largest absolute Gasteiger partial charge is 0.480 e. The molecule has 114 valence electrons. The van der Waals surface area contributed by atoms with Gasteiger partial charge in [0.1, 0.15) is 6.04 Å². The van der Waals surface area contributed by atoms with Crippen molar-refractivity contribution in [1.29, 1.82) is 0 Å². The molecule has 0 bridgehead atoms. The first-order valence-electron chi connectivity index (χ1n) is 7.89. The summed E-state index contributed by atoms with van der Waals surface area (Å²) in [4.78, 5) is 25.1. The molecule has 2 unspecified atom stereocenters. The van der Waals surface area contributed by atoms with Gasteiger partial charge < -0.3 is 15.3 Å². The molecular weight excluding hydrogens is 256 g/mol. The minimum atomic E-state index is -0.876. The molecule has 1 saturated carbocycles. The summed E-state index contributed by atoms with van der Waals surface area (Å²) >= 11 is 0.